The standard InChI is InChI=1S/C15H23NO4/c1-11(18)13-6-4-5-7-14(13)20-9-12(19)8-16-15(2,3)10-17/h4-7,12,16-17,19H,8-10H2,1-3H3/t12-/m0/s1. The lowest BCUT2D eigenvalue weighted by atomic mass is 10.1. The summed E-state index contributed by atoms with van der Waals surface area (Å²) in [6, 6.07) is 6.94. The molecule has 0 fully saturated rings. The summed E-state index contributed by atoms with van der Waals surface area (Å²) in [5.74, 6) is 0.398. The molecule has 1 atom stereocenters. The van der Waals surface area contributed by atoms with E-state index < -0.39 is 11.6 Å². The molecule has 0 saturated heterocycles. The minimum Gasteiger partial charge on any atom is -0.490 e. The van der Waals surface area contributed by atoms with Crippen LogP contribution in [-0.4, -0.2) is 47.4 Å². The topological polar surface area (TPSA) is 78.8 Å². The Balaban J connectivity index is 2.49. The average molecular weight is 281 g/mol. The monoisotopic (exact) mass is 281 g/mol. The Hall–Kier alpha value is -1.43. The average Bonchev–Trinajstić information content (AvgIpc) is 2.43. The largest absolute Gasteiger partial charge is 0.490 e. The van der Waals surface area contributed by atoms with E-state index in [1.165, 1.54) is 6.92 Å². The summed E-state index contributed by atoms with van der Waals surface area (Å²) in [5, 5.41) is 22.0. The first-order valence-electron chi connectivity index (χ1n) is 6.62. The van der Waals surface area contributed by atoms with E-state index in [2.05, 4.69) is 5.32 Å². The summed E-state index contributed by atoms with van der Waals surface area (Å²) < 4.78 is 5.49. The summed E-state index contributed by atoms with van der Waals surface area (Å²) in [6.07, 6.45) is -0.721. The van der Waals surface area contributed by atoms with E-state index in [1.807, 2.05) is 13.8 Å². The quantitative estimate of drug-likeness (QED) is 0.619. The van der Waals surface area contributed by atoms with Crippen molar-refractivity contribution >= 4 is 5.78 Å². The number of hydrogen-bond acceptors (Lipinski definition) is 5. The molecule has 0 unspecified atom stereocenters. The Labute approximate surface area is 119 Å². The van der Waals surface area contributed by atoms with E-state index >= 15 is 0 Å². The van der Waals surface area contributed by atoms with Crippen molar-refractivity contribution in [2.75, 3.05) is 19.8 Å². The molecule has 5 nitrogen and oxygen atoms in total. The van der Waals surface area contributed by atoms with Crippen LogP contribution in [0.25, 0.3) is 0 Å². The van der Waals surface area contributed by atoms with Gasteiger partial charge in [-0.05, 0) is 32.9 Å². The lowest BCUT2D eigenvalue weighted by Gasteiger charge is -2.25. The van der Waals surface area contributed by atoms with E-state index in [0.717, 1.165) is 0 Å². The lowest BCUT2D eigenvalue weighted by molar-refractivity contribution is 0.0885. The van der Waals surface area contributed by atoms with Crippen molar-refractivity contribution in [3.05, 3.63) is 29.8 Å². The molecule has 20 heavy (non-hydrogen) atoms. The third-order valence-corrected chi connectivity index (χ3v) is 2.91. The van der Waals surface area contributed by atoms with Crippen LogP contribution in [0.4, 0.5) is 0 Å². The number of ketones is 1. The Morgan fingerprint density at radius 2 is 2.05 bits per heavy atom. The van der Waals surface area contributed by atoms with Crippen LogP contribution in [0.15, 0.2) is 24.3 Å². The van der Waals surface area contributed by atoms with E-state index in [4.69, 9.17) is 9.84 Å². The number of nitrogens with one attached hydrogen (secondary N) is 1. The zero-order valence-corrected chi connectivity index (χ0v) is 12.2. The summed E-state index contributed by atoms with van der Waals surface area (Å²) in [4.78, 5) is 11.4. The van der Waals surface area contributed by atoms with Crippen LogP contribution in [0, 0.1) is 0 Å². The number of hydrogen-bond donors (Lipinski definition) is 3. The van der Waals surface area contributed by atoms with Gasteiger partial charge in [0, 0.05) is 12.1 Å². The van der Waals surface area contributed by atoms with Crippen LogP contribution < -0.4 is 10.1 Å². The van der Waals surface area contributed by atoms with E-state index in [1.54, 1.807) is 24.3 Å². The summed E-state index contributed by atoms with van der Waals surface area (Å²) in [6.45, 7) is 5.52. The Kier molecular flexibility index (Phi) is 6.13. The molecule has 0 spiro atoms. The molecule has 1 aromatic rings. The normalized spacial score (nSPS) is 13.1. The number of para-hydroxylation sites is 1. The van der Waals surface area contributed by atoms with Crippen LogP contribution >= 0.6 is 0 Å². The number of Topliss-reactive ketones (excluding diaryl/α,β-unsaturated/α-hetero) is 1. The fourth-order valence-corrected chi connectivity index (χ4v) is 1.58. The molecule has 1 rings (SSSR count). The number of carbonyl (C=O) groups is 1. The number of carbonyl (C=O) groups excluding carboxylic acids is 1. The van der Waals surface area contributed by atoms with Gasteiger partial charge in [-0.3, -0.25) is 4.79 Å². The Bertz CT molecular complexity index is 445. The molecule has 112 valence electrons. The Morgan fingerprint density at radius 3 is 2.65 bits per heavy atom. The predicted octanol–water partition coefficient (Wildman–Crippen LogP) is 0.989. The molecule has 0 aromatic heterocycles. The number of aliphatic hydroxyl groups is 2. The first-order chi connectivity index (χ1) is 9.35. The maximum Gasteiger partial charge on any atom is 0.163 e. The predicted molar refractivity (Wildman–Crippen MR) is 77.1 cm³/mol. The SMILES string of the molecule is CC(=O)c1ccccc1OC[C@@H](O)CNC(C)(C)CO. The molecule has 0 bridgehead atoms. The molecule has 0 aliphatic carbocycles. The first kappa shape index (κ1) is 16.6. The van der Waals surface area contributed by atoms with Crippen molar-refractivity contribution in [1.82, 2.24) is 5.32 Å². The molecule has 0 saturated carbocycles. The van der Waals surface area contributed by atoms with Gasteiger partial charge in [0.25, 0.3) is 0 Å². The smallest absolute Gasteiger partial charge is 0.163 e. The summed E-state index contributed by atoms with van der Waals surface area (Å²) >= 11 is 0. The molecular weight excluding hydrogens is 258 g/mol. The maximum atomic E-state index is 11.4. The van der Waals surface area contributed by atoms with Crippen LogP contribution in [0.5, 0.6) is 5.75 Å². The highest BCUT2D eigenvalue weighted by molar-refractivity contribution is 5.96. The van der Waals surface area contributed by atoms with Gasteiger partial charge in [0.1, 0.15) is 18.5 Å². The third-order valence-electron chi connectivity index (χ3n) is 2.91. The highest BCUT2D eigenvalue weighted by atomic mass is 16.5. The molecular formula is C15H23NO4. The summed E-state index contributed by atoms with van der Waals surface area (Å²) in [5.41, 5.74) is 0.0569. The first-order valence-corrected chi connectivity index (χ1v) is 6.62. The van der Waals surface area contributed by atoms with Crippen molar-refractivity contribution in [2.24, 2.45) is 0 Å². The lowest BCUT2D eigenvalue weighted by Crippen LogP contribution is -2.47. The second kappa shape index (κ2) is 7.38. The van der Waals surface area contributed by atoms with Crippen molar-refractivity contribution < 1.29 is 19.7 Å². The second-order valence-electron chi connectivity index (χ2n) is 5.44. The van der Waals surface area contributed by atoms with Gasteiger partial charge < -0.3 is 20.3 Å². The fourth-order valence-electron chi connectivity index (χ4n) is 1.58. The van der Waals surface area contributed by atoms with Crippen molar-refractivity contribution in [3.8, 4) is 5.75 Å². The molecule has 0 radical (unpaired) electrons. The highest BCUT2D eigenvalue weighted by Gasteiger charge is 2.17. The second-order valence-corrected chi connectivity index (χ2v) is 5.44. The van der Waals surface area contributed by atoms with Gasteiger partial charge in [0.15, 0.2) is 5.78 Å². The molecule has 0 amide bonds. The minimum atomic E-state index is -0.721. The number of benzene rings is 1. The molecule has 0 aliphatic heterocycles. The van der Waals surface area contributed by atoms with Gasteiger partial charge in [-0.25, -0.2) is 0 Å². The zero-order chi connectivity index (χ0) is 15.2. The highest BCUT2D eigenvalue weighted by Crippen LogP contribution is 2.18. The van der Waals surface area contributed by atoms with Crippen molar-refractivity contribution in [2.45, 2.75) is 32.4 Å². The van der Waals surface area contributed by atoms with Crippen LogP contribution in [0.1, 0.15) is 31.1 Å². The maximum absolute atomic E-state index is 11.4. The number of β-amino-alcohol motifs (C(OH)–C–C–N with tert-alkyl or cyclic N) is 1. The number of rotatable bonds is 8. The molecule has 3 N–H and O–H groups in total. The van der Waals surface area contributed by atoms with Crippen LogP contribution in [-0.2, 0) is 0 Å². The minimum absolute atomic E-state index is 0.0201. The van der Waals surface area contributed by atoms with Crippen molar-refractivity contribution in [1.29, 1.82) is 0 Å². The molecule has 0 heterocycles. The fraction of sp³-hybridized carbons (Fsp3) is 0.533. The third kappa shape index (κ3) is 5.28. The number of aliphatic hydroxyl groups excluding tert-OH is 2. The van der Waals surface area contributed by atoms with E-state index in [-0.39, 0.29) is 19.0 Å². The molecule has 0 aliphatic rings. The number of ether oxygens (including phenoxy) is 1. The van der Waals surface area contributed by atoms with Gasteiger partial charge in [0.05, 0.1) is 12.2 Å². The van der Waals surface area contributed by atoms with Crippen LogP contribution in [0.2, 0.25) is 0 Å². The Morgan fingerprint density at radius 1 is 1.40 bits per heavy atom. The van der Waals surface area contributed by atoms with Crippen molar-refractivity contribution in [3.63, 3.8) is 0 Å². The summed E-state index contributed by atoms with van der Waals surface area (Å²) in [7, 11) is 0. The van der Waals surface area contributed by atoms with E-state index in [9.17, 15) is 9.90 Å². The molecule has 5 heteroatoms. The van der Waals surface area contributed by atoms with Gasteiger partial charge in [-0.1, -0.05) is 12.1 Å². The van der Waals surface area contributed by atoms with Gasteiger partial charge in [0.2, 0.25) is 0 Å². The van der Waals surface area contributed by atoms with E-state index in [0.29, 0.717) is 17.9 Å². The zero-order valence-electron chi connectivity index (χ0n) is 12.2. The van der Waals surface area contributed by atoms with Gasteiger partial charge in [-0.15, -0.1) is 0 Å². The molecule has 1 aromatic carbocycles. The van der Waals surface area contributed by atoms with Gasteiger partial charge >= 0.3 is 0 Å². The van der Waals surface area contributed by atoms with Crippen LogP contribution in [0.3, 0.4) is 0 Å². The van der Waals surface area contributed by atoms with Gasteiger partial charge in [-0.2, -0.15) is 0 Å².